The molecule has 0 aliphatic heterocycles. The van der Waals surface area contributed by atoms with E-state index in [4.69, 9.17) is 0 Å². The van der Waals surface area contributed by atoms with E-state index in [1.54, 1.807) is 0 Å². The number of quaternary nitrogens is 1. The second-order valence-electron chi connectivity index (χ2n) is 2.88. The van der Waals surface area contributed by atoms with Crippen LogP contribution in [0.25, 0.3) is 0 Å². The minimum Gasteiger partial charge on any atom is -1.00 e. The lowest BCUT2D eigenvalue weighted by molar-refractivity contribution is -0.590. The summed E-state index contributed by atoms with van der Waals surface area (Å²) in [6, 6.07) is 10.4. The highest BCUT2D eigenvalue weighted by Crippen LogP contribution is 1.95. The summed E-state index contributed by atoms with van der Waals surface area (Å²) in [5, 5.41) is 2.21. The SMILES string of the molecule is CN(C)C[NH2+]c1ccccc1.[Cl-].[Cl-]. The predicted molar refractivity (Wildman–Crippen MR) is 46.6 cm³/mol. The van der Waals surface area contributed by atoms with Gasteiger partial charge in [-0.1, -0.05) is 18.2 Å². The largest absolute Gasteiger partial charge is 1.00 e. The lowest BCUT2D eigenvalue weighted by Crippen LogP contribution is -3.00. The topological polar surface area (TPSA) is 19.9 Å². The van der Waals surface area contributed by atoms with E-state index in [0.717, 1.165) is 6.67 Å². The quantitative estimate of drug-likeness (QED) is 0.399. The van der Waals surface area contributed by atoms with Crippen molar-refractivity contribution in [2.24, 2.45) is 0 Å². The number of nitrogens with zero attached hydrogens (tertiary/aromatic N) is 1. The maximum atomic E-state index is 2.21. The number of nitrogens with two attached hydrogens (primary N) is 1. The average Bonchev–Trinajstić information content (AvgIpc) is 2.03. The molecule has 0 bridgehead atoms. The number of hydrogen-bond acceptors (Lipinski definition) is 1. The number of hydrogen-bond donors (Lipinski definition) is 1. The molecule has 4 heteroatoms. The van der Waals surface area contributed by atoms with Gasteiger partial charge in [-0.25, -0.2) is 0 Å². The van der Waals surface area contributed by atoms with Crippen molar-refractivity contribution in [3.63, 3.8) is 0 Å². The van der Waals surface area contributed by atoms with Gasteiger partial charge in [-0.3, -0.25) is 4.90 Å². The Kier molecular flexibility index (Phi) is 9.74. The number of halogens is 2. The number of benzene rings is 1. The van der Waals surface area contributed by atoms with Crippen LogP contribution in [0, 0.1) is 0 Å². The summed E-state index contributed by atoms with van der Waals surface area (Å²) >= 11 is 0. The Morgan fingerprint density at radius 3 is 2.08 bits per heavy atom. The van der Waals surface area contributed by atoms with E-state index in [9.17, 15) is 0 Å². The lowest BCUT2D eigenvalue weighted by Gasteiger charge is -2.06. The van der Waals surface area contributed by atoms with Gasteiger partial charge in [0.15, 0.2) is 0 Å². The Morgan fingerprint density at radius 2 is 1.62 bits per heavy atom. The van der Waals surface area contributed by atoms with E-state index in [1.807, 2.05) is 6.07 Å². The fourth-order valence-electron chi connectivity index (χ4n) is 0.877. The first-order valence-corrected chi connectivity index (χ1v) is 3.82. The molecule has 0 aliphatic carbocycles. The first-order chi connectivity index (χ1) is 5.29. The molecule has 2 nitrogen and oxygen atoms in total. The van der Waals surface area contributed by atoms with Gasteiger partial charge in [0.1, 0.15) is 12.4 Å². The molecule has 1 aromatic carbocycles. The zero-order valence-electron chi connectivity index (χ0n) is 7.87. The summed E-state index contributed by atoms with van der Waals surface area (Å²) < 4.78 is 0. The molecule has 0 amide bonds. The van der Waals surface area contributed by atoms with Crippen LogP contribution in [0.4, 0.5) is 5.69 Å². The Bertz CT molecular complexity index is 202. The third-order valence-corrected chi connectivity index (χ3v) is 1.49. The van der Waals surface area contributed by atoms with Gasteiger partial charge < -0.3 is 30.1 Å². The van der Waals surface area contributed by atoms with Gasteiger partial charge in [-0.15, -0.1) is 0 Å². The van der Waals surface area contributed by atoms with Crippen LogP contribution in [0.3, 0.4) is 0 Å². The summed E-state index contributed by atoms with van der Waals surface area (Å²) in [5.41, 5.74) is 1.29. The molecule has 1 aromatic rings. The number of rotatable bonds is 3. The molecule has 0 fully saturated rings. The Morgan fingerprint density at radius 1 is 1.08 bits per heavy atom. The maximum Gasteiger partial charge on any atom is 0.136 e. The molecule has 0 saturated carbocycles. The summed E-state index contributed by atoms with van der Waals surface area (Å²) in [6.07, 6.45) is 0. The van der Waals surface area contributed by atoms with Gasteiger partial charge in [0.25, 0.3) is 0 Å². The van der Waals surface area contributed by atoms with Gasteiger partial charge >= 0.3 is 0 Å². The Balaban J connectivity index is 0. The van der Waals surface area contributed by atoms with Crippen LogP contribution in [0.5, 0.6) is 0 Å². The molecule has 0 atom stereocenters. The Labute approximate surface area is 92.1 Å². The van der Waals surface area contributed by atoms with Crippen LogP contribution in [0.1, 0.15) is 0 Å². The third kappa shape index (κ3) is 6.84. The first kappa shape index (κ1) is 15.2. The van der Waals surface area contributed by atoms with Crippen molar-refractivity contribution in [1.82, 2.24) is 4.90 Å². The van der Waals surface area contributed by atoms with Crippen LogP contribution in [-0.4, -0.2) is 25.7 Å². The van der Waals surface area contributed by atoms with E-state index in [0.29, 0.717) is 0 Å². The molecule has 76 valence electrons. The molecular formula is C9H15Cl2N2-. The van der Waals surface area contributed by atoms with Gasteiger partial charge in [-0.05, 0) is 26.2 Å². The molecule has 2 N–H and O–H groups in total. The number of para-hydroxylation sites is 1. The molecule has 0 aromatic heterocycles. The molecular weight excluding hydrogens is 207 g/mol. The monoisotopic (exact) mass is 221 g/mol. The molecule has 0 unspecified atom stereocenters. The molecule has 0 aliphatic rings. The van der Waals surface area contributed by atoms with Crippen molar-refractivity contribution in [3.05, 3.63) is 30.3 Å². The van der Waals surface area contributed by atoms with E-state index in [1.165, 1.54) is 5.69 Å². The minimum atomic E-state index is 0. The van der Waals surface area contributed by atoms with Crippen LogP contribution < -0.4 is 30.1 Å². The molecule has 0 saturated heterocycles. The molecule has 0 spiro atoms. The van der Waals surface area contributed by atoms with Crippen molar-refractivity contribution in [1.29, 1.82) is 0 Å². The fourth-order valence-corrected chi connectivity index (χ4v) is 0.877. The summed E-state index contributed by atoms with van der Waals surface area (Å²) in [7, 11) is 4.14. The molecule has 0 heterocycles. The highest BCUT2D eigenvalue weighted by Gasteiger charge is 1.94. The smallest absolute Gasteiger partial charge is 0.136 e. The third-order valence-electron chi connectivity index (χ3n) is 1.49. The van der Waals surface area contributed by atoms with E-state index >= 15 is 0 Å². The van der Waals surface area contributed by atoms with Gasteiger partial charge in [0.05, 0.1) is 0 Å². The van der Waals surface area contributed by atoms with Crippen molar-refractivity contribution in [2.75, 3.05) is 20.8 Å². The van der Waals surface area contributed by atoms with Crippen molar-refractivity contribution in [3.8, 4) is 0 Å². The lowest BCUT2D eigenvalue weighted by atomic mass is 10.3. The van der Waals surface area contributed by atoms with Crippen LogP contribution >= 0.6 is 0 Å². The second-order valence-corrected chi connectivity index (χ2v) is 2.88. The van der Waals surface area contributed by atoms with Crippen molar-refractivity contribution >= 4 is 5.69 Å². The zero-order valence-corrected chi connectivity index (χ0v) is 9.39. The van der Waals surface area contributed by atoms with Crippen LogP contribution in [-0.2, 0) is 0 Å². The fraction of sp³-hybridized carbons (Fsp3) is 0.333. The highest BCUT2D eigenvalue weighted by molar-refractivity contribution is 5.26. The standard InChI is InChI=1S/C9H14N2.2ClH/c1-11(2)8-10-9-6-4-3-5-7-9;;/h3-7,10H,8H2,1-2H3;2*1H/p-1. The van der Waals surface area contributed by atoms with Gasteiger partial charge in [-0.2, -0.15) is 0 Å². The van der Waals surface area contributed by atoms with E-state index < -0.39 is 0 Å². The summed E-state index contributed by atoms with van der Waals surface area (Å²) in [6.45, 7) is 1.00. The van der Waals surface area contributed by atoms with Gasteiger partial charge in [0, 0.05) is 0 Å². The van der Waals surface area contributed by atoms with E-state index in [-0.39, 0.29) is 24.8 Å². The Hall–Kier alpha value is -0.280. The molecule has 13 heavy (non-hydrogen) atoms. The van der Waals surface area contributed by atoms with Crippen LogP contribution in [0.15, 0.2) is 30.3 Å². The van der Waals surface area contributed by atoms with Crippen molar-refractivity contribution < 1.29 is 30.1 Å². The van der Waals surface area contributed by atoms with Crippen molar-refractivity contribution in [2.45, 2.75) is 0 Å². The van der Waals surface area contributed by atoms with Crippen LogP contribution in [0.2, 0.25) is 0 Å². The molecule has 0 radical (unpaired) electrons. The highest BCUT2D eigenvalue weighted by atomic mass is 35.5. The zero-order chi connectivity index (χ0) is 8.10. The summed E-state index contributed by atoms with van der Waals surface area (Å²) in [5.74, 6) is 0. The van der Waals surface area contributed by atoms with E-state index in [2.05, 4.69) is 48.6 Å². The first-order valence-electron chi connectivity index (χ1n) is 3.82. The maximum absolute atomic E-state index is 2.21. The minimum absolute atomic E-state index is 0. The summed E-state index contributed by atoms with van der Waals surface area (Å²) in [4.78, 5) is 2.15. The predicted octanol–water partition coefficient (Wildman–Crippen LogP) is -5.59. The average molecular weight is 222 g/mol. The van der Waals surface area contributed by atoms with Gasteiger partial charge in [0.2, 0.25) is 0 Å². The molecule has 1 rings (SSSR count). The second kappa shape index (κ2) is 8.32. The normalized spacial score (nSPS) is 8.85.